The molecule has 0 saturated carbocycles. The first kappa shape index (κ1) is 24.6. The first-order chi connectivity index (χ1) is 22.3. The van der Waals surface area contributed by atoms with Crippen molar-refractivity contribution in [2.75, 3.05) is 0 Å². The van der Waals surface area contributed by atoms with E-state index in [1.54, 1.807) is 0 Å². The minimum atomic E-state index is 1.08. The van der Waals surface area contributed by atoms with Crippen LogP contribution < -0.4 is 0 Å². The summed E-state index contributed by atoms with van der Waals surface area (Å²) in [6.07, 6.45) is 6.80. The van der Waals surface area contributed by atoms with Crippen LogP contribution in [0.4, 0.5) is 0 Å². The fraction of sp³-hybridized carbons (Fsp3) is 0.0476. The van der Waals surface area contributed by atoms with Crippen molar-refractivity contribution in [3.63, 3.8) is 0 Å². The van der Waals surface area contributed by atoms with Crippen molar-refractivity contribution in [2.45, 2.75) is 12.8 Å². The molecule has 0 amide bonds. The Labute approximate surface area is 260 Å². The van der Waals surface area contributed by atoms with Crippen LogP contribution in [-0.4, -0.2) is 13.7 Å². The Balaban J connectivity index is 1.29. The molecule has 0 spiro atoms. The second-order valence-electron chi connectivity index (χ2n) is 12.1. The number of hydrogen-bond acceptors (Lipinski definition) is 0. The monoisotopic (exact) mass is 575 g/mol. The van der Waals surface area contributed by atoms with Gasteiger partial charge in [0.2, 0.25) is 0 Å². The van der Waals surface area contributed by atoms with Crippen molar-refractivity contribution in [3.8, 4) is 17.1 Å². The van der Waals surface area contributed by atoms with Crippen molar-refractivity contribution in [1.82, 2.24) is 13.7 Å². The topological polar surface area (TPSA) is 14.8 Å². The van der Waals surface area contributed by atoms with E-state index in [2.05, 4.69) is 165 Å². The van der Waals surface area contributed by atoms with Crippen molar-refractivity contribution in [2.24, 2.45) is 0 Å². The van der Waals surface area contributed by atoms with E-state index in [9.17, 15) is 0 Å². The third kappa shape index (κ3) is 3.46. The van der Waals surface area contributed by atoms with Gasteiger partial charge in [0.05, 0.1) is 27.6 Å². The van der Waals surface area contributed by atoms with Crippen LogP contribution in [0.25, 0.3) is 77.7 Å². The lowest BCUT2D eigenvalue weighted by Crippen LogP contribution is -2.02. The summed E-state index contributed by atoms with van der Waals surface area (Å²) < 4.78 is 7.31. The Morgan fingerprint density at radius 3 is 1.60 bits per heavy atom. The highest BCUT2D eigenvalue weighted by Gasteiger charge is 2.21. The number of aryl methyl sites for hydroxylation is 1. The number of fused-ring (bicyclic) bond motifs is 9. The number of hydrogen-bond donors (Lipinski definition) is 0. The van der Waals surface area contributed by atoms with Crippen LogP contribution in [0, 0.1) is 0 Å². The van der Waals surface area contributed by atoms with Crippen LogP contribution in [0.15, 0.2) is 146 Å². The fourth-order valence-corrected chi connectivity index (χ4v) is 7.80. The third-order valence-corrected chi connectivity index (χ3v) is 9.68. The van der Waals surface area contributed by atoms with E-state index in [0.717, 1.165) is 18.5 Å². The molecule has 6 aromatic carbocycles. The summed E-state index contributed by atoms with van der Waals surface area (Å²) in [6.45, 7) is 0. The molecule has 3 nitrogen and oxygen atoms in total. The lowest BCUT2D eigenvalue weighted by Gasteiger charge is -2.15. The standard InChI is InChI=1S/C42H29N3/c1-2-13-28(14-3-1)43-39-23-10-6-19-33(39)35-26-36-34-20-7-11-24-40(34)45(42(36)27-41(35)43)30-16-12-15-29(25-30)44-37-21-8-4-17-31(37)32-18-5-9-22-38(32)44/h1-4,6-17,19-27H,5,18H2. The zero-order valence-corrected chi connectivity index (χ0v) is 24.7. The molecule has 10 rings (SSSR count). The van der Waals surface area contributed by atoms with Crippen LogP contribution in [0.5, 0.6) is 0 Å². The second-order valence-corrected chi connectivity index (χ2v) is 12.1. The van der Waals surface area contributed by atoms with Crippen molar-refractivity contribution < 1.29 is 0 Å². The zero-order chi connectivity index (χ0) is 29.5. The van der Waals surface area contributed by atoms with E-state index in [1.807, 2.05) is 0 Å². The average molecular weight is 576 g/mol. The number of rotatable bonds is 3. The molecule has 1 aliphatic rings. The zero-order valence-electron chi connectivity index (χ0n) is 24.7. The molecule has 45 heavy (non-hydrogen) atoms. The molecule has 9 aromatic rings. The van der Waals surface area contributed by atoms with Gasteiger partial charge in [-0.15, -0.1) is 0 Å². The van der Waals surface area contributed by atoms with Gasteiger partial charge in [-0.25, -0.2) is 0 Å². The molecule has 212 valence electrons. The van der Waals surface area contributed by atoms with Crippen molar-refractivity contribution in [3.05, 3.63) is 157 Å². The molecule has 3 heteroatoms. The summed E-state index contributed by atoms with van der Waals surface area (Å²) in [5.74, 6) is 0. The average Bonchev–Trinajstić information content (AvgIpc) is 3.73. The van der Waals surface area contributed by atoms with Crippen LogP contribution in [-0.2, 0) is 6.42 Å². The minimum Gasteiger partial charge on any atom is -0.310 e. The summed E-state index contributed by atoms with van der Waals surface area (Å²) in [7, 11) is 0. The Morgan fingerprint density at radius 1 is 0.378 bits per heavy atom. The van der Waals surface area contributed by atoms with Crippen molar-refractivity contribution in [1.29, 1.82) is 0 Å². The van der Waals surface area contributed by atoms with Gasteiger partial charge in [0.15, 0.2) is 0 Å². The number of allylic oxidation sites excluding steroid dienone is 1. The molecule has 0 atom stereocenters. The molecule has 0 bridgehead atoms. The van der Waals surface area contributed by atoms with Gasteiger partial charge in [-0.2, -0.15) is 0 Å². The van der Waals surface area contributed by atoms with Gasteiger partial charge in [0.25, 0.3) is 0 Å². The molecule has 0 unspecified atom stereocenters. The predicted octanol–water partition coefficient (Wildman–Crippen LogP) is 10.8. The largest absolute Gasteiger partial charge is 0.310 e. The van der Waals surface area contributed by atoms with E-state index >= 15 is 0 Å². The van der Waals surface area contributed by atoms with Gasteiger partial charge >= 0.3 is 0 Å². The predicted molar refractivity (Wildman–Crippen MR) is 189 cm³/mol. The van der Waals surface area contributed by atoms with Crippen LogP contribution in [0.2, 0.25) is 0 Å². The van der Waals surface area contributed by atoms with Crippen LogP contribution in [0.1, 0.15) is 17.7 Å². The summed E-state index contributed by atoms with van der Waals surface area (Å²) in [5.41, 5.74) is 12.4. The van der Waals surface area contributed by atoms with Crippen molar-refractivity contribution >= 4 is 60.6 Å². The number of para-hydroxylation sites is 4. The molecular formula is C42H29N3. The normalized spacial score (nSPS) is 13.1. The molecular weight excluding hydrogens is 546 g/mol. The van der Waals surface area contributed by atoms with E-state index in [0.29, 0.717) is 0 Å². The minimum absolute atomic E-state index is 1.08. The molecule has 3 aromatic heterocycles. The number of aromatic nitrogens is 3. The van der Waals surface area contributed by atoms with E-state index in [1.165, 1.54) is 77.1 Å². The highest BCUT2D eigenvalue weighted by atomic mass is 15.0. The smallest absolute Gasteiger partial charge is 0.0562 e. The molecule has 0 radical (unpaired) electrons. The quantitative estimate of drug-likeness (QED) is 0.199. The van der Waals surface area contributed by atoms with E-state index < -0.39 is 0 Å². The maximum absolute atomic E-state index is 2.45. The van der Waals surface area contributed by atoms with Crippen LogP contribution in [0.3, 0.4) is 0 Å². The summed E-state index contributed by atoms with van der Waals surface area (Å²) in [4.78, 5) is 0. The summed E-state index contributed by atoms with van der Waals surface area (Å²) in [5, 5.41) is 6.44. The number of benzene rings is 6. The molecule has 0 fully saturated rings. The highest BCUT2D eigenvalue weighted by Crippen LogP contribution is 2.40. The maximum atomic E-state index is 2.45. The van der Waals surface area contributed by atoms with E-state index in [4.69, 9.17) is 0 Å². The number of nitrogens with zero attached hydrogens (tertiary/aromatic N) is 3. The first-order valence-electron chi connectivity index (χ1n) is 15.8. The Bertz CT molecular complexity index is 2640. The van der Waals surface area contributed by atoms with Gasteiger partial charge in [-0.1, -0.05) is 84.9 Å². The van der Waals surface area contributed by atoms with Gasteiger partial charge in [-0.3, -0.25) is 0 Å². The lowest BCUT2D eigenvalue weighted by molar-refractivity contribution is 0.966. The Kier molecular flexibility index (Phi) is 5.11. The summed E-state index contributed by atoms with van der Waals surface area (Å²) in [6, 6.07) is 51.1. The first-order valence-corrected chi connectivity index (χ1v) is 15.8. The molecule has 1 aliphatic carbocycles. The van der Waals surface area contributed by atoms with Gasteiger partial charge in [0.1, 0.15) is 0 Å². The molecule has 0 saturated heterocycles. The van der Waals surface area contributed by atoms with Gasteiger partial charge < -0.3 is 13.7 Å². The molecule has 0 N–H and O–H groups in total. The third-order valence-electron chi connectivity index (χ3n) is 9.68. The van der Waals surface area contributed by atoms with Crippen LogP contribution >= 0.6 is 0 Å². The lowest BCUT2D eigenvalue weighted by atomic mass is 10.0. The Morgan fingerprint density at radius 2 is 0.911 bits per heavy atom. The van der Waals surface area contributed by atoms with Gasteiger partial charge in [0, 0.05) is 49.7 Å². The SMILES string of the molecule is C1=Cc2c(c3ccccc3n2-c2cccc(-n3c4ccccc4c4cc5c6ccccc6n(-c6ccccc6)c5cc43)c2)CC1. The fourth-order valence-electron chi connectivity index (χ4n) is 7.80. The molecule has 0 aliphatic heterocycles. The maximum Gasteiger partial charge on any atom is 0.0562 e. The Hall–Kier alpha value is -5.80. The summed E-state index contributed by atoms with van der Waals surface area (Å²) >= 11 is 0. The highest BCUT2D eigenvalue weighted by molar-refractivity contribution is 6.19. The van der Waals surface area contributed by atoms with E-state index in [-0.39, 0.29) is 0 Å². The molecule has 3 heterocycles. The van der Waals surface area contributed by atoms with Gasteiger partial charge in [-0.05, 0) is 85.1 Å². The second kappa shape index (κ2) is 9.35.